The van der Waals surface area contributed by atoms with Crippen LogP contribution in [-0.2, 0) is 12.4 Å². The second-order valence-electron chi connectivity index (χ2n) is 8.38. The molecule has 0 unspecified atom stereocenters. The first-order chi connectivity index (χ1) is 17.2. The molecule has 0 bridgehead atoms. The Labute approximate surface area is 206 Å². The molecule has 0 aliphatic carbocycles. The summed E-state index contributed by atoms with van der Waals surface area (Å²) in [6.45, 7) is 0.588. The van der Waals surface area contributed by atoms with Gasteiger partial charge in [-0.1, -0.05) is 18.6 Å². The van der Waals surface area contributed by atoms with Gasteiger partial charge in [-0.25, -0.2) is 9.78 Å². The van der Waals surface area contributed by atoms with Crippen LogP contribution in [-0.4, -0.2) is 38.9 Å². The Hall–Kier alpha value is -3.58. The molecule has 6 N–H and O–H groups in total. The van der Waals surface area contributed by atoms with E-state index in [1.807, 2.05) is 0 Å². The van der Waals surface area contributed by atoms with Crippen LogP contribution in [0.15, 0.2) is 42.5 Å². The van der Waals surface area contributed by atoms with Gasteiger partial charge in [0.1, 0.15) is 17.0 Å². The number of anilines is 1. The molecule has 13 heteroatoms. The van der Waals surface area contributed by atoms with Crippen molar-refractivity contribution in [2.24, 2.45) is 0 Å². The lowest BCUT2D eigenvalue weighted by molar-refractivity contribution is -0.142. The number of aromatic nitrogens is 1. The third-order valence-electron chi connectivity index (χ3n) is 5.77. The molecule has 3 aromatic rings. The summed E-state index contributed by atoms with van der Waals surface area (Å²) in [6, 6.07) is 7.04. The van der Waals surface area contributed by atoms with Crippen LogP contribution in [0.4, 0.5) is 32.0 Å². The number of pyridine rings is 1. The smallest absolute Gasteiger partial charge is 0.433 e. The number of fused-ring (bicyclic) bond motifs is 1. The van der Waals surface area contributed by atoms with Crippen molar-refractivity contribution in [3.63, 3.8) is 0 Å². The van der Waals surface area contributed by atoms with Crippen LogP contribution in [0.5, 0.6) is 5.75 Å². The number of carboxylic acid groups (broad SMARTS) is 1. The predicted octanol–water partition coefficient (Wildman–Crippen LogP) is 5.12. The van der Waals surface area contributed by atoms with Crippen molar-refractivity contribution in [2.45, 2.75) is 43.8 Å². The molecule has 1 aromatic heterocycles. The molecule has 0 radical (unpaired) electrons. The molecular weight excluding hydrogens is 508 g/mol. The lowest BCUT2D eigenvalue weighted by Gasteiger charge is -2.29. The van der Waals surface area contributed by atoms with Gasteiger partial charge in [-0.15, -0.1) is 0 Å². The first-order valence-electron chi connectivity index (χ1n) is 11.0. The van der Waals surface area contributed by atoms with Gasteiger partial charge in [-0.3, -0.25) is 0 Å². The van der Waals surface area contributed by atoms with Gasteiger partial charge < -0.3 is 26.4 Å². The Kier molecular flexibility index (Phi) is 8.18. The summed E-state index contributed by atoms with van der Waals surface area (Å²) in [7, 11) is 0. The van der Waals surface area contributed by atoms with Crippen molar-refractivity contribution in [3.8, 4) is 5.75 Å². The number of aliphatic hydroxyl groups is 1. The number of rotatable bonds is 3. The average molecular weight is 531 g/mol. The van der Waals surface area contributed by atoms with E-state index in [1.54, 1.807) is 0 Å². The van der Waals surface area contributed by atoms with E-state index in [1.165, 1.54) is 24.3 Å². The largest absolute Gasteiger partial charge is 0.507 e. The number of aromatic carboxylic acids is 1. The maximum atomic E-state index is 13.2. The quantitative estimate of drug-likeness (QED) is 0.180. The lowest BCUT2D eigenvalue weighted by atomic mass is 9.91. The highest BCUT2D eigenvalue weighted by molar-refractivity contribution is 5.91. The van der Waals surface area contributed by atoms with E-state index < -0.39 is 47.2 Å². The molecule has 1 aliphatic rings. The topological polar surface area (TPSA) is 129 Å². The standard InChI is InChI=1S/C17H16F6N2O.C7H7NO3/c18-16(19,20)11-5-3-4-9-10(15(26)12-6-1-2-7-24-12)8-13(17(21,22)23)25-14(9)11;8-4-1-2-6(9)5(3-4)7(10)11/h3-5,8,12,15,24,26H,1-2,6-7H2;1-3,9H,8H2,(H,10,11)/t12-,15+;/m1./s1. The van der Waals surface area contributed by atoms with Crippen LogP contribution in [0, 0.1) is 0 Å². The molecule has 4 rings (SSSR count). The summed E-state index contributed by atoms with van der Waals surface area (Å²) in [6.07, 6.45) is -9.00. The average Bonchev–Trinajstić information content (AvgIpc) is 2.83. The van der Waals surface area contributed by atoms with Crippen LogP contribution >= 0.6 is 0 Å². The van der Waals surface area contributed by atoms with Crippen molar-refractivity contribution >= 4 is 22.6 Å². The molecule has 200 valence electrons. The zero-order valence-electron chi connectivity index (χ0n) is 19.1. The number of hydrogen-bond acceptors (Lipinski definition) is 6. The number of halogens is 6. The summed E-state index contributed by atoms with van der Waals surface area (Å²) in [5.74, 6) is -1.46. The van der Waals surface area contributed by atoms with E-state index in [9.17, 15) is 36.2 Å². The number of carboxylic acids is 1. The van der Waals surface area contributed by atoms with E-state index >= 15 is 0 Å². The van der Waals surface area contributed by atoms with Crippen LogP contribution in [0.3, 0.4) is 0 Å². The number of phenols is 1. The van der Waals surface area contributed by atoms with Crippen molar-refractivity contribution in [2.75, 3.05) is 12.3 Å². The van der Waals surface area contributed by atoms with Gasteiger partial charge in [-0.2, -0.15) is 26.3 Å². The second kappa shape index (κ2) is 10.8. The zero-order chi connectivity index (χ0) is 27.5. The molecule has 2 aromatic carbocycles. The summed E-state index contributed by atoms with van der Waals surface area (Å²) >= 11 is 0. The Morgan fingerprint density at radius 2 is 1.76 bits per heavy atom. The van der Waals surface area contributed by atoms with Crippen molar-refractivity contribution < 1.29 is 46.5 Å². The molecule has 7 nitrogen and oxygen atoms in total. The second-order valence-corrected chi connectivity index (χ2v) is 8.38. The maximum Gasteiger partial charge on any atom is 0.433 e. The first-order valence-corrected chi connectivity index (χ1v) is 11.0. The van der Waals surface area contributed by atoms with Gasteiger partial charge in [0.25, 0.3) is 0 Å². The number of para-hydroxylation sites is 1. The van der Waals surface area contributed by atoms with Crippen LogP contribution < -0.4 is 11.1 Å². The Morgan fingerprint density at radius 1 is 1.05 bits per heavy atom. The molecule has 1 saturated heterocycles. The SMILES string of the molecule is Nc1ccc(O)c(C(=O)O)c1.O[C@@H](c1cc(C(F)(F)F)nc2c(C(F)(F)F)cccc12)[C@H]1CCCCN1. The lowest BCUT2D eigenvalue weighted by Crippen LogP contribution is -2.39. The summed E-state index contributed by atoms with van der Waals surface area (Å²) < 4.78 is 79.3. The highest BCUT2D eigenvalue weighted by Crippen LogP contribution is 2.39. The normalized spacial score (nSPS) is 17.1. The van der Waals surface area contributed by atoms with Gasteiger partial charge in [0.05, 0.1) is 17.2 Å². The number of nitrogens with one attached hydrogen (secondary N) is 1. The number of alkyl halides is 6. The number of nitrogens with two attached hydrogens (primary N) is 1. The van der Waals surface area contributed by atoms with Crippen molar-refractivity contribution in [3.05, 3.63) is 64.8 Å². The summed E-state index contributed by atoms with van der Waals surface area (Å²) in [5, 5.41) is 30.9. The van der Waals surface area contributed by atoms with E-state index in [-0.39, 0.29) is 22.3 Å². The Bertz CT molecular complexity index is 1270. The first kappa shape index (κ1) is 28.0. The van der Waals surface area contributed by atoms with E-state index in [4.69, 9.17) is 15.9 Å². The molecule has 0 saturated carbocycles. The minimum absolute atomic E-state index is 0.132. The molecule has 0 amide bonds. The highest BCUT2D eigenvalue weighted by Gasteiger charge is 2.38. The van der Waals surface area contributed by atoms with Gasteiger partial charge in [-0.05, 0) is 55.3 Å². The Balaban J connectivity index is 0.000000289. The van der Waals surface area contributed by atoms with Gasteiger partial charge in [0.2, 0.25) is 0 Å². The number of carbonyl (C=O) groups is 1. The number of aliphatic hydroxyl groups excluding tert-OH is 1. The third kappa shape index (κ3) is 6.60. The van der Waals surface area contributed by atoms with E-state index in [0.717, 1.165) is 18.9 Å². The molecule has 1 fully saturated rings. The van der Waals surface area contributed by atoms with Gasteiger partial charge >= 0.3 is 18.3 Å². The number of nitrogen functional groups attached to an aromatic ring is 1. The van der Waals surface area contributed by atoms with Crippen LogP contribution in [0.1, 0.15) is 52.5 Å². The van der Waals surface area contributed by atoms with E-state index in [0.29, 0.717) is 30.8 Å². The maximum absolute atomic E-state index is 13.2. The van der Waals surface area contributed by atoms with Crippen LogP contribution in [0.2, 0.25) is 0 Å². The number of nitrogens with zero attached hydrogens (tertiary/aromatic N) is 1. The number of hydrogen-bond donors (Lipinski definition) is 5. The minimum atomic E-state index is -4.93. The highest BCUT2D eigenvalue weighted by atomic mass is 19.4. The molecule has 1 aliphatic heterocycles. The molecule has 0 spiro atoms. The fourth-order valence-corrected chi connectivity index (χ4v) is 3.98. The molecule has 37 heavy (non-hydrogen) atoms. The molecule has 2 atom stereocenters. The predicted molar refractivity (Wildman–Crippen MR) is 122 cm³/mol. The summed E-state index contributed by atoms with van der Waals surface area (Å²) in [5.41, 5.74) is 1.72. The fraction of sp³-hybridized carbons (Fsp3) is 0.333. The monoisotopic (exact) mass is 531 g/mol. The number of benzene rings is 2. The zero-order valence-corrected chi connectivity index (χ0v) is 19.1. The minimum Gasteiger partial charge on any atom is -0.507 e. The molecular formula is C24H23F6N3O4. The van der Waals surface area contributed by atoms with Gasteiger partial charge in [0, 0.05) is 17.1 Å². The molecule has 2 heterocycles. The fourth-order valence-electron chi connectivity index (χ4n) is 3.98. The van der Waals surface area contributed by atoms with Crippen molar-refractivity contribution in [1.82, 2.24) is 10.3 Å². The third-order valence-corrected chi connectivity index (χ3v) is 5.77. The Morgan fingerprint density at radius 3 is 2.30 bits per heavy atom. The number of piperidine rings is 1. The van der Waals surface area contributed by atoms with Crippen LogP contribution in [0.25, 0.3) is 10.9 Å². The number of aromatic hydroxyl groups is 1. The van der Waals surface area contributed by atoms with Crippen molar-refractivity contribution in [1.29, 1.82) is 0 Å². The summed E-state index contributed by atoms with van der Waals surface area (Å²) in [4.78, 5) is 13.6. The van der Waals surface area contributed by atoms with E-state index in [2.05, 4.69) is 10.3 Å². The van der Waals surface area contributed by atoms with Gasteiger partial charge in [0.15, 0.2) is 0 Å².